The minimum atomic E-state index is -1.12. The maximum absolute atomic E-state index is 15.5. The lowest BCUT2D eigenvalue weighted by atomic mass is 9.87. The first kappa shape index (κ1) is 31.5. The molecular formula is C33H44FN3O5. The Kier molecular flexibility index (Phi) is 9.92. The molecule has 4 rings (SSSR count). The molecule has 2 saturated heterocycles. The van der Waals surface area contributed by atoms with Gasteiger partial charge in [0, 0.05) is 25.6 Å². The summed E-state index contributed by atoms with van der Waals surface area (Å²) in [4.78, 5) is 42.1. The van der Waals surface area contributed by atoms with Crippen molar-refractivity contribution in [3.05, 3.63) is 65.2 Å². The molecule has 42 heavy (non-hydrogen) atoms. The van der Waals surface area contributed by atoms with Gasteiger partial charge in [-0.2, -0.15) is 0 Å². The predicted molar refractivity (Wildman–Crippen MR) is 159 cm³/mol. The molecule has 2 heterocycles. The minimum Gasteiger partial charge on any atom is -0.444 e. The van der Waals surface area contributed by atoms with Crippen LogP contribution >= 0.6 is 0 Å². The molecule has 2 unspecified atom stereocenters. The summed E-state index contributed by atoms with van der Waals surface area (Å²) in [6, 6.07) is 13.9. The number of hydrogen-bond donors (Lipinski definition) is 1. The third-order valence-electron chi connectivity index (χ3n) is 7.90. The van der Waals surface area contributed by atoms with Crippen LogP contribution in [0.1, 0.15) is 70.1 Å². The minimum absolute atomic E-state index is 0.0771. The number of aryl methyl sites for hydroxylation is 1. The molecule has 2 amide bonds. The topological polar surface area (TPSA) is 88.2 Å². The Hall–Kier alpha value is -3.46. The van der Waals surface area contributed by atoms with E-state index in [0.717, 1.165) is 11.1 Å². The lowest BCUT2D eigenvalue weighted by Crippen LogP contribution is -2.49. The number of nitrogens with one attached hydrogen (secondary N) is 1. The van der Waals surface area contributed by atoms with E-state index in [9.17, 15) is 14.4 Å². The molecule has 0 saturated carbocycles. The van der Waals surface area contributed by atoms with Crippen molar-refractivity contribution in [3.8, 4) is 5.75 Å². The SMILES string of the molecule is Cc1ccc(CN2CCC(N3CC[C@@H](c4ccc(OC(=O)C(NC(=O)OC(C)(C)C)C(C)C)cc4)[C@H](F)C3)C2=O)cc1. The van der Waals surface area contributed by atoms with E-state index in [2.05, 4.69) is 29.6 Å². The van der Waals surface area contributed by atoms with Gasteiger partial charge in [0.05, 0.1) is 6.04 Å². The van der Waals surface area contributed by atoms with Crippen LogP contribution in [0.25, 0.3) is 0 Å². The number of amides is 2. The van der Waals surface area contributed by atoms with Crippen LogP contribution in [0.3, 0.4) is 0 Å². The normalized spacial score (nSPS) is 22.2. The number of benzene rings is 2. The number of piperidine rings is 1. The van der Waals surface area contributed by atoms with E-state index in [0.29, 0.717) is 38.2 Å². The highest BCUT2D eigenvalue weighted by molar-refractivity contribution is 5.84. The van der Waals surface area contributed by atoms with E-state index in [1.165, 1.54) is 5.56 Å². The van der Waals surface area contributed by atoms with E-state index in [1.54, 1.807) is 58.9 Å². The van der Waals surface area contributed by atoms with Crippen molar-refractivity contribution >= 4 is 18.0 Å². The van der Waals surface area contributed by atoms with Crippen molar-refractivity contribution in [2.75, 3.05) is 19.6 Å². The van der Waals surface area contributed by atoms with Crippen LogP contribution in [-0.2, 0) is 20.9 Å². The number of carbonyl (C=O) groups is 3. The van der Waals surface area contributed by atoms with Gasteiger partial charge in [0.25, 0.3) is 0 Å². The van der Waals surface area contributed by atoms with E-state index >= 15 is 4.39 Å². The molecule has 0 aromatic heterocycles. The number of alkyl halides is 1. The van der Waals surface area contributed by atoms with E-state index in [-0.39, 0.29) is 30.3 Å². The summed E-state index contributed by atoms with van der Waals surface area (Å²) in [6.45, 7) is 13.0. The second kappa shape index (κ2) is 13.2. The van der Waals surface area contributed by atoms with Crippen LogP contribution in [0.2, 0.25) is 0 Å². The Morgan fingerprint density at radius 2 is 1.69 bits per heavy atom. The Morgan fingerprint density at radius 1 is 1.02 bits per heavy atom. The van der Waals surface area contributed by atoms with Crippen LogP contribution in [0, 0.1) is 12.8 Å². The number of hydrogen-bond acceptors (Lipinski definition) is 6. The van der Waals surface area contributed by atoms with E-state index in [1.807, 2.05) is 16.7 Å². The van der Waals surface area contributed by atoms with Gasteiger partial charge in [-0.3, -0.25) is 9.69 Å². The van der Waals surface area contributed by atoms with Gasteiger partial charge in [0.15, 0.2) is 0 Å². The van der Waals surface area contributed by atoms with Gasteiger partial charge in [-0.15, -0.1) is 0 Å². The Balaban J connectivity index is 1.30. The van der Waals surface area contributed by atoms with Gasteiger partial charge in [-0.05, 0) is 76.3 Å². The molecule has 2 fully saturated rings. The van der Waals surface area contributed by atoms with Gasteiger partial charge < -0.3 is 19.7 Å². The van der Waals surface area contributed by atoms with Crippen LogP contribution in [0.5, 0.6) is 5.75 Å². The molecular weight excluding hydrogens is 537 g/mol. The van der Waals surface area contributed by atoms with E-state index < -0.39 is 29.9 Å². The standard InChI is InChI=1S/C33H44FN3O5/c1-21(2)29(35-32(40)42-33(4,5)6)31(39)41-25-13-11-24(12-14-25)26-15-17-36(20-27(26)34)28-16-18-37(30(28)38)19-23-9-7-22(3)8-10-23/h7-14,21,26-29H,15-20H2,1-6H3,(H,35,40)/t26-,27+,28?,29?/m0/s1. The number of halogens is 1. The third kappa shape index (κ3) is 8.09. The quantitative estimate of drug-likeness (QED) is 0.333. The molecule has 9 heteroatoms. The number of esters is 1. The Bertz CT molecular complexity index is 1240. The summed E-state index contributed by atoms with van der Waals surface area (Å²) < 4.78 is 26.3. The van der Waals surface area contributed by atoms with Crippen LogP contribution in [-0.4, -0.2) is 71.3 Å². The fraction of sp³-hybridized carbons (Fsp3) is 0.545. The number of nitrogens with zero attached hydrogens (tertiary/aromatic N) is 2. The van der Waals surface area contributed by atoms with Gasteiger partial charge in [0.1, 0.15) is 23.6 Å². The van der Waals surface area contributed by atoms with Crippen LogP contribution in [0.4, 0.5) is 9.18 Å². The third-order valence-corrected chi connectivity index (χ3v) is 7.90. The molecule has 0 bridgehead atoms. The molecule has 2 aromatic rings. The van der Waals surface area contributed by atoms with Gasteiger partial charge in [-0.25, -0.2) is 14.0 Å². The smallest absolute Gasteiger partial charge is 0.408 e. The van der Waals surface area contributed by atoms with Crippen molar-refractivity contribution in [2.24, 2.45) is 5.92 Å². The molecule has 0 aliphatic carbocycles. The Labute approximate surface area is 248 Å². The molecule has 2 aromatic carbocycles. The maximum atomic E-state index is 15.5. The number of alkyl carbamates (subject to hydrolysis) is 1. The highest BCUT2D eigenvalue weighted by atomic mass is 19.1. The van der Waals surface area contributed by atoms with Crippen molar-refractivity contribution in [2.45, 2.75) is 90.7 Å². The van der Waals surface area contributed by atoms with Crippen molar-refractivity contribution in [1.29, 1.82) is 0 Å². The predicted octanol–water partition coefficient (Wildman–Crippen LogP) is 5.38. The summed E-state index contributed by atoms with van der Waals surface area (Å²) in [7, 11) is 0. The summed E-state index contributed by atoms with van der Waals surface area (Å²) in [5.74, 6) is -0.726. The summed E-state index contributed by atoms with van der Waals surface area (Å²) in [5.41, 5.74) is 2.42. The number of rotatable bonds is 8. The second-order valence-corrected chi connectivity index (χ2v) is 12.8. The average molecular weight is 582 g/mol. The van der Waals surface area contributed by atoms with Crippen molar-refractivity contribution in [3.63, 3.8) is 0 Å². The zero-order valence-corrected chi connectivity index (χ0v) is 25.6. The molecule has 0 radical (unpaired) electrons. The molecule has 2 aliphatic heterocycles. The van der Waals surface area contributed by atoms with Crippen LogP contribution in [0.15, 0.2) is 48.5 Å². The number of ether oxygens (including phenoxy) is 2. The van der Waals surface area contributed by atoms with Crippen molar-refractivity contribution < 1.29 is 28.2 Å². The molecule has 228 valence electrons. The monoisotopic (exact) mass is 581 g/mol. The first-order valence-electron chi connectivity index (χ1n) is 14.8. The lowest BCUT2D eigenvalue weighted by molar-refractivity contribution is -0.138. The highest BCUT2D eigenvalue weighted by Crippen LogP contribution is 2.34. The molecule has 8 nitrogen and oxygen atoms in total. The average Bonchev–Trinajstić information content (AvgIpc) is 3.27. The lowest BCUT2D eigenvalue weighted by Gasteiger charge is -2.37. The van der Waals surface area contributed by atoms with Gasteiger partial charge >= 0.3 is 12.1 Å². The molecule has 2 aliphatic rings. The van der Waals surface area contributed by atoms with Crippen LogP contribution < -0.4 is 10.1 Å². The van der Waals surface area contributed by atoms with Gasteiger partial charge in [0.2, 0.25) is 5.91 Å². The molecule has 4 atom stereocenters. The summed E-state index contributed by atoms with van der Waals surface area (Å²) >= 11 is 0. The first-order valence-corrected chi connectivity index (χ1v) is 14.8. The number of carbonyl (C=O) groups excluding carboxylic acids is 3. The second-order valence-electron chi connectivity index (χ2n) is 12.8. The van der Waals surface area contributed by atoms with E-state index in [4.69, 9.17) is 9.47 Å². The fourth-order valence-corrected chi connectivity index (χ4v) is 5.61. The number of likely N-dealkylation sites (tertiary alicyclic amines) is 2. The molecule has 0 spiro atoms. The summed E-state index contributed by atoms with van der Waals surface area (Å²) in [6.07, 6.45) is -0.499. The maximum Gasteiger partial charge on any atom is 0.408 e. The summed E-state index contributed by atoms with van der Waals surface area (Å²) in [5, 5.41) is 2.59. The fourth-order valence-electron chi connectivity index (χ4n) is 5.61. The van der Waals surface area contributed by atoms with Gasteiger partial charge in [-0.1, -0.05) is 55.8 Å². The Morgan fingerprint density at radius 3 is 2.29 bits per heavy atom. The molecule has 1 N–H and O–H groups in total. The zero-order chi connectivity index (χ0) is 30.6. The largest absolute Gasteiger partial charge is 0.444 e. The first-order chi connectivity index (χ1) is 19.8. The zero-order valence-electron chi connectivity index (χ0n) is 25.6. The van der Waals surface area contributed by atoms with Crippen molar-refractivity contribution in [1.82, 2.24) is 15.1 Å². The highest BCUT2D eigenvalue weighted by Gasteiger charge is 2.40.